The topological polar surface area (TPSA) is 78.7 Å². The van der Waals surface area contributed by atoms with E-state index in [1.54, 1.807) is 32.9 Å². The molecule has 1 aliphatic rings. The average molecular weight is 527 g/mol. The van der Waals surface area contributed by atoms with Crippen LogP contribution in [0.1, 0.15) is 32.6 Å². The van der Waals surface area contributed by atoms with Gasteiger partial charge in [-0.1, -0.05) is 6.07 Å². The van der Waals surface area contributed by atoms with E-state index in [4.69, 9.17) is 14.2 Å². The number of hydrogen-bond donors (Lipinski definition) is 0. The lowest BCUT2D eigenvalue weighted by Crippen LogP contribution is -2.44. The molecule has 1 unspecified atom stereocenters. The van der Waals surface area contributed by atoms with Crippen LogP contribution in [-0.2, 0) is 9.47 Å². The molecule has 38 heavy (non-hydrogen) atoms. The number of hydrogen-bond acceptors (Lipinski definition) is 6. The lowest BCUT2D eigenvalue weighted by molar-refractivity contribution is -0.0443. The van der Waals surface area contributed by atoms with E-state index in [2.05, 4.69) is 10.1 Å². The fraction of sp³-hybridized carbons (Fsp3) is 0.296. The first-order valence-electron chi connectivity index (χ1n) is 11.9. The molecule has 1 atom stereocenters. The second-order valence-corrected chi connectivity index (χ2v) is 9.75. The molecule has 1 saturated heterocycles. The Balaban J connectivity index is 1.46. The van der Waals surface area contributed by atoms with Gasteiger partial charge in [-0.05, 0) is 57.2 Å². The second kappa shape index (κ2) is 9.97. The molecular formula is C27H25F3N4O4. The first-order valence-corrected chi connectivity index (χ1v) is 11.9. The molecule has 0 spiro atoms. The standard InChI is InChI=1S/C27H25F3N4O4/c1-27(2,3)38-26(35)33-11-12-36-22(15-33)24-23-20(30)13-31-14-21(23)34(32-24)16-7-9-17(10-8-16)37-25-18(28)5-4-6-19(25)29/h4-10,13-14,22H,11-12,15H2,1-3H3. The number of carbonyl (C=O) groups excluding carboxylic acids is 1. The van der Waals surface area contributed by atoms with E-state index in [1.165, 1.54) is 34.0 Å². The Kier molecular flexibility index (Phi) is 6.70. The number of fused-ring (bicyclic) bond motifs is 1. The zero-order valence-electron chi connectivity index (χ0n) is 21.0. The highest BCUT2D eigenvalue weighted by Crippen LogP contribution is 2.33. The highest BCUT2D eigenvalue weighted by molar-refractivity contribution is 5.84. The van der Waals surface area contributed by atoms with E-state index >= 15 is 4.39 Å². The van der Waals surface area contributed by atoms with Crippen molar-refractivity contribution >= 4 is 17.0 Å². The summed E-state index contributed by atoms with van der Waals surface area (Å²) in [7, 11) is 0. The van der Waals surface area contributed by atoms with E-state index in [9.17, 15) is 13.6 Å². The molecule has 198 valence electrons. The summed E-state index contributed by atoms with van der Waals surface area (Å²) >= 11 is 0. The van der Waals surface area contributed by atoms with Crippen LogP contribution in [0.3, 0.4) is 0 Å². The highest BCUT2D eigenvalue weighted by atomic mass is 19.1. The van der Waals surface area contributed by atoms with Gasteiger partial charge >= 0.3 is 6.09 Å². The minimum Gasteiger partial charge on any atom is -0.451 e. The zero-order chi connectivity index (χ0) is 27.0. The van der Waals surface area contributed by atoms with Crippen LogP contribution in [0.2, 0.25) is 0 Å². The number of halogens is 3. The molecule has 1 amide bonds. The van der Waals surface area contributed by atoms with Gasteiger partial charge in [0.25, 0.3) is 0 Å². The number of pyridine rings is 1. The van der Waals surface area contributed by atoms with Crippen molar-refractivity contribution in [2.75, 3.05) is 19.7 Å². The monoisotopic (exact) mass is 526 g/mol. The Bertz CT molecular complexity index is 1460. The molecule has 1 fully saturated rings. The van der Waals surface area contributed by atoms with E-state index in [-0.39, 0.29) is 24.3 Å². The van der Waals surface area contributed by atoms with Crippen LogP contribution < -0.4 is 4.74 Å². The number of carbonyl (C=O) groups is 1. The third-order valence-corrected chi connectivity index (χ3v) is 5.81. The van der Waals surface area contributed by atoms with Gasteiger partial charge in [-0.15, -0.1) is 0 Å². The molecule has 0 saturated carbocycles. The van der Waals surface area contributed by atoms with Gasteiger partial charge in [0.05, 0.1) is 42.1 Å². The predicted octanol–water partition coefficient (Wildman–Crippen LogP) is 5.94. The molecule has 3 heterocycles. The van der Waals surface area contributed by atoms with Gasteiger partial charge in [-0.2, -0.15) is 5.10 Å². The SMILES string of the molecule is CC(C)(C)OC(=O)N1CCOC(c2nn(-c3ccc(Oc4c(F)cccc4F)cc3)c3cncc(F)c23)C1. The van der Waals surface area contributed by atoms with E-state index in [1.807, 2.05) is 0 Å². The molecule has 1 aliphatic heterocycles. The highest BCUT2D eigenvalue weighted by Gasteiger charge is 2.32. The predicted molar refractivity (Wildman–Crippen MR) is 132 cm³/mol. The van der Waals surface area contributed by atoms with Gasteiger partial charge < -0.3 is 19.1 Å². The van der Waals surface area contributed by atoms with Crippen molar-refractivity contribution in [3.63, 3.8) is 0 Å². The van der Waals surface area contributed by atoms with Gasteiger partial charge in [0.1, 0.15) is 23.1 Å². The molecule has 11 heteroatoms. The maximum Gasteiger partial charge on any atom is 0.410 e. The second-order valence-electron chi connectivity index (χ2n) is 9.75. The van der Waals surface area contributed by atoms with Crippen LogP contribution >= 0.6 is 0 Å². The Morgan fingerprint density at radius 2 is 1.74 bits per heavy atom. The van der Waals surface area contributed by atoms with Gasteiger partial charge in [0.2, 0.25) is 0 Å². The summed E-state index contributed by atoms with van der Waals surface area (Å²) < 4.78 is 61.2. The summed E-state index contributed by atoms with van der Waals surface area (Å²) in [6.07, 6.45) is 1.37. The Morgan fingerprint density at radius 1 is 1.03 bits per heavy atom. The number of benzene rings is 2. The first kappa shape index (κ1) is 25.5. The summed E-state index contributed by atoms with van der Waals surface area (Å²) in [6.45, 7) is 6.03. The van der Waals surface area contributed by atoms with Gasteiger partial charge in [0, 0.05) is 6.54 Å². The lowest BCUT2D eigenvalue weighted by atomic mass is 10.1. The molecule has 0 N–H and O–H groups in total. The van der Waals surface area contributed by atoms with Crippen LogP contribution in [0, 0.1) is 17.5 Å². The lowest BCUT2D eigenvalue weighted by Gasteiger charge is -2.33. The fourth-order valence-electron chi connectivity index (χ4n) is 4.13. The zero-order valence-corrected chi connectivity index (χ0v) is 21.0. The van der Waals surface area contributed by atoms with Gasteiger partial charge in [-0.3, -0.25) is 4.98 Å². The molecule has 0 aliphatic carbocycles. The number of para-hydroxylation sites is 1. The summed E-state index contributed by atoms with van der Waals surface area (Å²) in [6, 6.07) is 9.71. The number of aromatic nitrogens is 3. The Hall–Kier alpha value is -4.12. The Labute approximate surface area is 216 Å². The molecule has 5 rings (SSSR count). The van der Waals surface area contributed by atoms with E-state index in [0.29, 0.717) is 23.4 Å². The quantitative estimate of drug-likeness (QED) is 0.328. The summed E-state index contributed by atoms with van der Waals surface area (Å²) in [5.41, 5.74) is 0.550. The van der Waals surface area contributed by atoms with Crippen molar-refractivity contribution in [1.82, 2.24) is 19.7 Å². The van der Waals surface area contributed by atoms with Crippen molar-refractivity contribution < 1.29 is 32.2 Å². The number of amides is 1. The largest absolute Gasteiger partial charge is 0.451 e. The average Bonchev–Trinajstić information content (AvgIpc) is 3.27. The fourth-order valence-corrected chi connectivity index (χ4v) is 4.13. The van der Waals surface area contributed by atoms with E-state index < -0.39 is 41.0 Å². The summed E-state index contributed by atoms with van der Waals surface area (Å²) in [5, 5.41) is 4.84. The number of morpholine rings is 1. The Morgan fingerprint density at radius 3 is 2.42 bits per heavy atom. The van der Waals surface area contributed by atoms with Crippen molar-refractivity contribution in [2.45, 2.75) is 32.5 Å². The molecule has 2 aromatic heterocycles. The van der Waals surface area contributed by atoms with Gasteiger partial charge in [0.15, 0.2) is 23.2 Å². The maximum absolute atomic E-state index is 15.0. The molecule has 4 aromatic rings. The number of rotatable bonds is 4. The van der Waals surface area contributed by atoms with Crippen molar-refractivity contribution in [3.05, 3.63) is 78.0 Å². The number of nitrogens with zero attached hydrogens (tertiary/aromatic N) is 4. The molecule has 8 nitrogen and oxygen atoms in total. The normalized spacial score (nSPS) is 16.1. The minimum absolute atomic E-state index is 0.129. The molecule has 2 aromatic carbocycles. The van der Waals surface area contributed by atoms with Crippen molar-refractivity contribution in [3.8, 4) is 17.2 Å². The number of ether oxygens (including phenoxy) is 3. The van der Waals surface area contributed by atoms with Crippen LogP contribution in [0.5, 0.6) is 11.5 Å². The van der Waals surface area contributed by atoms with Crippen LogP contribution in [0.15, 0.2) is 54.9 Å². The first-order chi connectivity index (χ1) is 18.1. The van der Waals surface area contributed by atoms with Crippen molar-refractivity contribution in [1.29, 1.82) is 0 Å². The third-order valence-electron chi connectivity index (χ3n) is 5.81. The van der Waals surface area contributed by atoms with E-state index in [0.717, 1.165) is 18.3 Å². The molecule has 0 radical (unpaired) electrons. The summed E-state index contributed by atoms with van der Waals surface area (Å²) in [4.78, 5) is 18.1. The van der Waals surface area contributed by atoms with Crippen LogP contribution in [-0.4, -0.2) is 51.1 Å². The summed E-state index contributed by atoms with van der Waals surface area (Å²) in [5.74, 6) is -2.56. The van der Waals surface area contributed by atoms with Gasteiger partial charge in [-0.25, -0.2) is 22.6 Å². The van der Waals surface area contributed by atoms with Crippen LogP contribution in [0.25, 0.3) is 16.6 Å². The van der Waals surface area contributed by atoms with Crippen LogP contribution in [0.4, 0.5) is 18.0 Å². The minimum atomic E-state index is -0.828. The van der Waals surface area contributed by atoms with Crippen molar-refractivity contribution in [2.24, 2.45) is 0 Å². The molecular weight excluding hydrogens is 501 g/mol. The smallest absolute Gasteiger partial charge is 0.410 e. The third kappa shape index (κ3) is 5.14. The maximum atomic E-state index is 15.0. The molecule has 0 bridgehead atoms.